The zero-order valence-electron chi connectivity index (χ0n) is 25.2. The third kappa shape index (κ3) is 5.93. The van der Waals surface area contributed by atoms with Crippen molar-refractivity contribution in [1.82, 2.24) is 9.80 Å². The third-order valence-corrected chi connectivity index (χ3v) is 8.46. The van der Waals surface area contributed by atoms with E-state index >= 15 is 0 Å². The van der Waals surface area contributed by atoms with E-state index in [1.807, 2.05) is 107 Å². The van der Waals surface area contributed by atoms with E-state index in [1.165, 1.54) is 0 Å². The lowest BCUT2D eigenvalue weighted by molar-refractivity contribution is 0.0663. The number of nitrogens with zero attached hydrogens (tertiary/aromatic N) is 2. The smallest absolute Gasteiger partial charge is 0.257 e. The second-order valence-corrected chi connectivity index (χ2v) is 11.1. The first-order valence-corrected chi connectivity index (χ1v) is 15.2. The lowest BCUT2D eigenvalue weighted by atomic mass is 10.0. The summed E-state index contributed by atoms with van der Waals surface area (Å²) in [7, 11) is 3.30. The minimum atomic E-state index is -0.259. The van der Waals surface area contributed by atoms with Gasteiger partial charge >= 0.3 is 0 Å². The van der Waals surface area contributed by atoms with Gasteiger partial charge in [-0.3, -0.25) is 9.59 Å². The summed E-state index contributed by atoms with van der Waals surface area (Å²) in [6.45, 7) is 1.26. The molecule has 8 nitrogen and oxygen atoms in total. The van der Waals surface area contributed by atoms with Crippen LogP contribution in [-0.4, -0.2) is 48.9 Å². The van der Waals surface area contributed by atoms with Crippen LogP contribution in [0, 0.1) is 0 Å². The van der Waals surface area contributed by atoms with E-state index in [4.69, 9.17) is 9.47 Å². The van der Waals surface area contributed by atoms with Crippen molar-refractivity contribution < 1.29 is 19.1 Å². The molecule has 2 aliphatic heterocycles. The van der Waals surface area contributed by atoms with Crippen LogP contribution in [0.15, 0.2) is 97.1 Å². The molecule has 0 aromatic heterocycles. The van der Waals surface area contributed by atoms with Gasteiger partial charge in [-0.1, -0.05) is 61.4 Å². The lowest BCUT2D eigenvalue weighted by Gasteiger charge is -2.38. The number of hydrogen-bond donors (Lipinski definition) is 2. The predicted molar refractivity (Wildman–Crippen MR) is 172 cm³/mol. The van der Waals surface area contributed by atoms with Crippen molar-refractivity contribution in [3.8, 4) is 11.5 Å². The van der Waals surface area contributed by atoms with Crippen LogP contribution >= 0.6 is 0 Å². The van der Waals surface area contributed by atoms with E-state index in [9.17, 15) is 9.59 Å². The number of amides is 2. The van der Waals surface area contributed by atoms with Gasteiger partial charge in [-0.25, -0.2) is 0 Å². The number of fused-ring (bicyclic) bond motifs is 2. The minimum Gasteiger partial charge on any atom is -0.497 e. The number of unbranched alkanes of at least 4 members (excludes halogenated alkanes) is 3. The summed E-state index contributed by atoms with van der Waals surface area (Å²) in [6.07, 6.45) is 3.09. The Balaban J connectivity index is 1.09. The van der Waals surface area contributed by atoms with Crippen molar-refractivity contribution in [3.63, 3.8) is 0 Å². The van der Waals surface area contributed by atoms with Gasteiger partial charge in [0.05, 0.1) is 25.3 Å². The van der Waals surface area contributed by atoms with E-state index < -0.39 is 0 Å². The molecule has 8 heteroatoms. The maximum absolute atomic E-state index is 13.6. The van der Waals surface area contributed by atoms with Crippen LogP contribution < -0.4 is 20.1 Å². The van der Waals surface area contributed by atoms with Gasteiger partial charge in [-0.2, -0.15) is 0 Å². The summed E-state index contributed by atoms with van der Waals surface area (Å²) in [5.41, 5.74) is 5.10. The molecular weight excluding hydrogens is 552 g/mol. The molecule has 4 aromatic rings. The van der Waals surface area contributed by atoms with Crippen LogP contribution in [0.4, 0.5) is 11.4 Å². The summed E-state index contributed by atoms with van der Waals surface area (Å²) in [4.78, 5) is 31.1. The van der Waals surface area contributed by atoms with E-state index in [0.717, 1.165) is 59.7 Å². The molecule has 2 N–H and O–H groups in total. The van der Waals surface area contributed by atoms with Gasteiger partial charge in [0.1, 0.15) is 23.8 Å². The molecule has 226 valence electrons. The number of carbonyl (C=O) groups excluding carboxylic acids is 2. The average Bonchev–Trinajstić information content (AvgIpc) is 3.08. The van der Waals surface area contributed by atoms with E-state index in [-0.39, 0.29) is 24.1 Å². The topological polar surface area (TPSA) is 83.1 Å². The Morgan fingerprint density at radius 2 is 0.932 bits per heavy atom. The number of anilines is 2. The molecule has 0 saturated heterocycles. The van der Waals surface area contributed by atoms with Gasteiger partial charge in [-0.15, -0.1) is 0 Å². The number of benzene rings is 4. The highest BCUT2D eigenvalue weighted by molar-refractivity contribution is 6.02. The molecule has 4 aromatic carbocycles. The van der Waals surface area contributed by atoms with Gasteiger partial charge < -0.3 is 29.9 Å². The highest BCUT2D eigenvalue weighted by Gasteiger charge is 2.34. The van der Waals surface area contributed by atoms with Gasteiger partial charge in [-0.05, 0) is 72.5 Å². The number of carbonyl (C=O) groups is 2. The van der Waals surface area contributed by atoms with E-state index in [0.29, 0.717) is 24.2 Å². The first-order chi connectivity index (χ1) is 21.6. The summed E-state index contributed by atoms with van der Waals surface area (Å²) in [5.74, 6) is 1.63. The van der Waals surface area contributed by atoms with Crippen molar-refractivity contribution >= 4 is 23.2 Å². The molecule has 6 rings (SSSR count). The third-order valence-electron chi connectivity index (χ3n) is 8.46. The van der Waals surface area contributed by atoms with Crippen LogP contribution in [0.25, 0.3) is 0 Å². The maximum atomic E-state index is 13.6. The molecular formula is C36H38N4O4. The Morgan fingerprint density at radius 1 is 0.545 bits per heavy atom. The van der Waals surface area contributed by atoms with Gasteiger partial charge in [0.2, 0.25) is 0 Å². The Bertz CT molecular complexity index is 1480. The Hall–Kier alpha value is -4.98. The Labute approximate surface area is 258 Å². The monoisotopic (exact) mass is 590 g/mol. The molecule has 2 aliphatic rings. The van der Waals surface area contributed by atoms with Gasteiger partial charge in [0, 0.05) is 24.5 Å². The highest BCUT2D eigenvalue weighted by atomic mass is 16.5. The number of nitrogens with one attached hydrogen (secondary N) is 2. The molecule has 44 heavy (non-hydrogen) atoms. The van der Waals surface area contributed by atoms with E-state index in [1.54, 1.807) is 14.2 Å². The fourth-order valence-electron chi connectivity index (χ4n) is 6.06. The average molecular weight is 591 g/mol. The standard InChI is InChI=1S/C36H38N4O4/c1-43-27-19-15-25(16-20-27)33-37-31-13-7-5-11-29(31)35(41)39(33)23-9-3-4-10-24-40-34(26-17-21-28(44-2)22-18-26)38-32-14-8-6-12-30(32)36(40)42/h5-8,11-22,33-34,37-38H,3-4,9-10,23-24H2,1-2H3. The number of rotatable bonds is 11. The first-order valence-electron chi connectivity index (χ1n) is 15.2. The molecule has 2 unspecified atom stereocenters. The molecule has 0 saturated carbocycles. The number of ether oxygens (including phenoxy) is 2. The van der Waals surface area contributed by atoms with Crippen molar-refractivity contribution in [2.24, 2.45) is 0 Å². The zero-order valence-corrected chi connectivity index (χ0v) is 25.2. The van der Waals surface area contributed by atoms with Crippen molar-refractivity contribution in [3.05, 3.63) is 119 Å². The fourth-order valence-corrected chi connectivity index (χ4v) is 6.06. The molecule has 0 aliphatic carbocycles. The quantitative estimate of drug-likeness (QED) is 0.181. The van der Waals surface area contributed by atoms with Crippen LogP contribution in [0.1, 0.15) is 69.9 Å². The normalized spacial score (nSPS) is 17.3. The molecule has 0 fully saturated rings. The zero-order chi connectivity index (χ0) is 30.5. The number of hydrogen-bond acceptors (Lipinski definition) is 6. The molecule has 2 heterocycles. The SMILES string of the molecule is COc1ccc(C2Nc3ccccc3C(=O)N2CCCCCCN2C(=O)c3ccccc3NC2c2ccc(OC)cc2)cc1. The summed E-state index contributed by atoms with van der Waals surface area (Å²) >= 11 is 0. The first kappa shape index (κ1) is 29.1. The largest absolute Gasteiger partial charge is 0.497 e. The Kier molecular flexibility index (Phi) is 8.68. The lowest BCUT2D eigenvalue weighted by Crippen LogP contribution is -2.43. The van der Waals surface area contributed by atoms with Crippen LogP contribution in [0.2, 0.25) is 0 Å². The number of methoxy groups -OCH3 is 2. The van der Waals surface area contributed by atoms with Crippen molar-refractivity contribution in [1.29, 1.82) is 0 Å². The fraction of sp³-hybridized carbons (Fsp3) is 0.278. The molecule has 2 atom stereocenters. The highest BCUT2D eigenvalue weighted by Crippen LogP contribution is 2.35. The molecule has 0 bridgehead atoms. The maximum Gasteiger partial charge on any atom is 0.257 e. The summed E-state index contributed by atoms with van der Waals surface area (Å²) in [6, 6.07) is 31.1. The Morgan fingerprint density at radius 3 is 1.32 bits per heavy atom. The minimum absolute atomic E-state index is 0.0335. The van der Waals surface area contributed by atoms with E-state index in [2.05, 4.69) is 10.6 Å². The van der Waals surface area contributed by atoms with Gasteiger partial charge in [0.15, 0.2) is 0 Å². The summed E-state index contributed by atoms with van der Waals surface area (Å²) < 4.78 is 10.7. The van der Waals surface area contributed by atoms with Gasteiger partial charge in [0.25, 0.3) is 11.8 Å². The van der Waals surface area contributed by atoms with Crippen LogP contribution in [0.3, 0.4) is 0 Å². The summed E-state index contributed by atoms with van der Waals surface area (Å²) in [5, 5.41) is 7.14. The molecule has 2 amide bonds. The number of para-hydroxylation sites is 2. The van der Waals surface area contributed by atoms with Crippen LogP contribution in [0.5, 0.6) is 11.5 Å². The predicted octanol–water partition coefficient (Wildman–Crippen LogP) is 7.10. The van der Waals surface area contributed by atoms with Crippen LogP contribution in [-0.2, 0) is 0 Å². The molecule has 0 radical (unpaired) electrons. The molecule has 0 spiro atoms. The van der Waals surface area contributed by atoms with Crippen molar-refractivity contribution in [2.75, 3.05) is 37.9 Å². The van der Waals surface area contributed by atoms with Crippen molar-refractivity contribution in [2.45, 2.75) is 38.0 Å². The second-order valence-electron chi connectivity index (χ2n) is 11.1. The second kappa shape index (κ2) is 13.1.